The van der Waals surface area contributed by atoms with Crippen LogP contribution in [0.25, 0.3) is 0 Å². The maximum atomic E-state index is 8.58. The van der Waals surface area contributed by atoms with Gasteiger partial charge in [0.1, 0.15) is 0 Å². The minimum Gasteiger partial charge on any atom is -0.392 e. The van der Waals surface area contributed by atoms with Gasteiger partial charge in [0.15, 0.2) is 0 Å². The van der Waals surface area contributed by atoms with E-state index in [2.05, 4.69) is 6.08 Å². The van der Waals surface area contributed by atoms with E-state index in [0.717, 1.165) is 12.8 Å². The third kappa shape index (κ3) is 6.44. The van der Waals surface area contributed by atoms with Crippen LogP contribution in [0.1, 0.15) is 26.7 Å². The lowest BCUT2D eigenvalue weighted by Crippen LogP contribution is -1.82. The summed E-state index contributed by atoms with van der Waals surface area (Å²) >= 11 is 5.61. The number of hydrogen-bond acceptors (Lipinski definition) is 1. The fourth-order valence-electron chi connectivity index (χ4n) is 0.859. The van der Waals surface area contributed by atoms with Crippen molar-refractivity contribution in [1.82, 2.24) is 0 Å². The van der Waals surface area contributed by atoms with E-state index in [-0.39, 0.29) is 6.61 Å². The van der Waals surface area contributed by atoms with Crippen LogP contribution in [0, 0.1) is 0 Å². The Hall–Kier alpha value is -0.270. The number of halogens is 1. The lowest BCUT2D eigenvalue weighted by Gasteiger charge is -1.97. The van der Waals surface area contributed by atoms with Crippen LogP contribution in [0.3, 0.4) is 0 Å². The molecular weight excluding hydrogens is 172 g/mol. The van der Waals surface area contributed by atoms with Crippen LogP contribution in [-0.4, -0.2) is 17.6 Å². The fraction of sp³-hybridized carbons (Fsp3) is 0.600. The molecule has 70 valence electrons. The minimum absolute atomic E-state index is 0.143. The molecule has 0 aliphatic carbocycles. The molecule has 0 aromatic rings. The summed E-state index contributed by atoms with van der Waals surface area (Å²) in [6, 6.07) is 0. The molecule has 0 atom stereocenters. The minimum atomic E-state index is 0.143. The summed E-state index contributed by atoms with van der Waals surface area (Å²) < 4.78 is 0. The van der Waals surface area contributed by atoms with Crippen molar-refractivity contribution in [3.05, 3.63) is 23.3 Å². The topological polar surface area (TPSA) is 20.2 Å². The molecule has 0 heterocycles. The lowest BCUT2D eigenvalue weighted by atomic mass is 10.1. The SMILES string of the molecule is CC(=CCCC(C)=CCO)CCl. The highest BCUT2D eigenvalue weighted by Gasteiger charge is 1.88. The molecule has 0 amide bonds. The molecule has 0 saturated carbocycles. The fourth-order valence-corrected chi connectivity index (χ4v) is 0.968. The molecule has 0 saturated heterocycles. The molecule has 1 nitrogen and oxygen atoms in total. The molecule has 0 rings (SSSR count). The normalized spacial score (nSPS) is 13.7. The van der Waals surface area contributed by atoms with E-state index in [1.807, 2.05) is 19.9 Å². The lowest BCUT2D eigenvalue weighted by molar-refractivity contribution is 0.341. The van der Waals surface area contributed by atoms with Crippen LogP contribution in [0.5, 0.6) is 0 Å². The molecule has 0 radical (unpaired) electrons. The van der Waals surface area contributed by atoms with Gasteiger partial charge in [-0.2, -0.15) is 0 Å². The van der Waals surface area contributed by atoms with Crippen molar-refractivity contribution in [3.8, 4) is 0 Å². The van der Waals surface area contributed by atoms with Crippen molar-refractivity contribution in [3.63, 3.8) is 0 Å². The first-order chi connectivity index (χ1) is 5.70. The highest BCUT2D eigenvalue weighted by molar-refractivity contribution is 6.19. The molecule has 0 bridgehead atoms. The van der Waals surface area contributed by atoms with E-state index < -0.39 is 0 Å². The Morgan fingerprint density at radius 1 is 1.25 bits per heavy atom. The predicted molar refractivity (Wildman–Crippen MR) is 54.6 cm³/mol. The molecule has 0 aliphatic heterocycles. The van der Waals surface area contributed by atoms with Crippen molar-refractivity contribution in [2.45, 2.75) is 26.7 Å². The van der Waals surface area contributed by atoms with E-state index >= 15 is 0 Å². The third-order valence-electron chi connectivity index (χ3n) is 1.68. The smallest absolute Gasteiger partial charge is 0.0614 e. The first-order valence-electron chi connectivity index (χ1n) is 4.18. The highest BCUT2D eigenvalue weighted by Crippen LogP contribution is 2.06. The number of allylic oxidation sites excluding steroid dienone is 3. The monoisotopic (exact) mass is 188 g/mol. The Labute approximate surface area is 79.7 Å². The average Bonchev–Trinajstić information content (AvgIpc) is 2.04. The van der Waals surface area contributed by atoms with Crippen molar-refractivity contribution >= 4 is 11.6 Å². The molecule has 0 unspecified atom stereocenters. The van der Waals surface area contributed by atoms with E-state index in [1.54, 1.807) is 0 Å². The highest BCUT2D eigenvalue weighted by atomic mass is 35.5. The Balaban J connectivity index is 3.62. The van der Waals surface area contributed by atoms with Crippen molar-refractivity contribution < 1.29 is 5.11 Å². The van der Waals surface area contributed by atoms with Gasteiger partial charge >= 0.3 is 0 Å². The van der Waals surface area contributed by atoms with E-state index in [0.29, 0.717) is 5.88 Å². The Morgan fingerprint density at radius 2 is 1.92 bits per heavy atom. The number of aliphatic hydroxyl groups excluding tert-OH is 1. The number of hydrogen-bond donors (Lipinski definition) is 1. The molecule has 0 spiro atoms. The maximum Gasteiger partial charge on any atom is 0.0614 e. The van der Waals surface area contributed by atoms with E-state index in [9.17, 15) is 0 Å². The van der Waals surface area contributed by atoms with Crippen molar-refractivity contribution in [2.24, 2.45) is 0 Å². The zero-order chi connectivity index (χ0) is 9.40. The van der Waals surface area contributed by atoms with Gasteiger partial charge in [0.25, 0.3) is 0 Å². The summed E-state index contributed by atoms with van der Waals surface area (Å²) in [4.78, 5) is 0. The molecule has 0 aromatic carbocycles. The molecule has 12 heavy (non-hydrogen) atoms. The number of rotatable bonds is 5. The summed E-state index contributed by atoms with van der Waals surface area (Å²) in [7, 11) is 0. The van der Waals surface area contributed by atoms with Gasteiger partial charge in [-0.3, -0.25) is 0 Å². The molecule has 0 aromatic heterocycles. The summed E-state index contributed by atoms with van der Waals surface area (Å²) in [5.41, 5.74) is 2.45. The van der Waals surface area contributed by atoms with E-state index in [1.165, 1.54) is 11.1 Å². The van der Waals surface area contributed by atoms with Gasteiger partial charge < -0.3 is 5.11 Å². The summed E-state index contributed by atoms with van der Waals surface area (Å²) in [6.45, 7) is 4.20. The second kappa shape index (κ2) is 7.38. The van der Waals surface area contributed by atoms with Crippen LogP contribution < -0.4 is 0 Å². The molecule has 0 fully saturated rings. The standard InChI is InChI=1S/C10H17ClO/c1-9(6-7-12)4-3-5-10(2)8-11/h5-6,12H,3-4,7-8H2,1-2H3. The van der Waals surface area contributed by atoms with Gasteiger partial charge in [-0.05, 0) is 26.7 Å². The van der Waals surface area contributed by atoms with Crippen molar-refractivity contribution in [1.29, 1.82) is 0 Å². The van der Waals surface area contributed by atoms with Gasteiger partial charge in [0, 0.05) is 5.88 Å². The van der Waals surface area contributed by atoms with Gasteiger partial charge in [0.05, 0.1) is 6.61 Å². The van der Waals surface area contributed by atoms with Crippen LogP contribution in [0.15, 0.2) is 23.3 Å². The number of aliphatic hydroxyl groups is 1. The van der Waals surface area contributed by atoms with Crippen LogP contribution in [0.4, 0.5) is 0 Å². The first-order valence-corrected chi connectivity index (χ1v) is 4.72. The summed E-state index contributed by atoms with van der Waals surface area (Å²) in [6.07, 6.45) is 6.00. The number of alkyl halides is 1. The first kappa shape index (κ1) is 11.7. The van der Waals surface area contributed by atoms with Crippen molar-refractivity contribution in [2.75, 3.05) is 12.5 Å². The zero-order valence-electron chi connectivity index (χ0n) is 7.81. The molecule has 0 aliphatic rings. The summed E-state index contributed by atoms with van der Waals surface area (Å²) in [5, 5.41) is 8.58. The summed E-state index contributed by atoms with van der Waals surface area (Å²) in [5.74, 6) is 0.614. The van der Waals surface area contributed by atoms with Gasteiger partial charge in [-0.1, -0.05) is 23.3 Å². The second-order valence-corrected chi connectivity index (χ2v) is 3.22. The second-order valence-electron chi connectivity index (χ2n) is 2.96. The third-order valence-corrected chi connectivity index (χ3v) is 2.10. The molecule has 1 N–H and O–H groups in total. The molecule has 2 heteroatoms. The predicted octanol–water partition coefficient (Wildman–Crippen LogP) is 2.89. The Kier molecular flexibility index (Phi) is 7.22. The Morgan fingerprint density at radius 3 is 2.42 bits per heavy atom. The largest absolute Gasteiger partial charge is 0.392 e. The van der Waals surface area contributed by atoms with Crippen LogP contribution in [-0.2, 0) is 0 Å². The average molecular weight is 189 g/mol. The van der Waals surface area contributed by atoms with Gasteiger partial charge in [-0.25, -0.2) is 0 Å². The van der Waals surface area contributed by atoms with Crippen LogP contribution >= 0.6 is 11.6 Å². The molecular formula is C10H17ClO. The zero-order valence-corrected chi connectivity index (χ0v) is 8.56. The van der Waals surface area contributed by atoms with E-state index in [4.69, 9.17) is 16.7 Å². The maximum absolute atomic E-state index is 8.58. The Bertz CT molecular complexity index is 171. The van der Waals surface area contributed by atoms with Crippen LogP contribution in [0.2, 0.25) is 0 Å². The quantitative estimate of drug-likeness (QED) is 0.520. The van der Waals surface area contributed by atoms with Gasteiger partial charge in [-0.15, -0.1) is 11.6 Å². The van der Waals surface area contributed by atoms with Gasteiger partial charge in [0.2, 0.25) is 0 Å².